The highest BCUT2D eigenvalue weighted by molar-refractivity contribution is 6.30. The molecule has 5 heteroatoms. The first-order chi connectivity index (χ1) is 8.16. The molecule has 0 amide bonds. The molecule has 0 radical (unpaired) electrons. The van der Waals surface area contributed by atoms with Crippen molar-refractivity contribution in [3.63, 3.8) is 0 Å². The van der Waals surface area contributed by atoms with Crippen molar-refractivity contribution in [3.05, 3.63) is 34.5 Å². The predicted octanol–water partition coefficient (Wildman–Crippen LogP) is 2.31. The van der Waals surface area contributed by atoms with Gasteiger partial charge in [-0.2, -0.15) is 0 Å². The van der Waals surface area contributed by atoms with E-state index in [-0.39, 0.29) is 6.04 Å². The summed E-state index contributed by atoms with van der Waals surface area (Å²) in [6.45, 7) is 2.76. The average Bonchev–Trinajstić information content (AvgIpc) is 2.61. The van der Waals surface area contributed by atoms with Crippen LogP contribution < -0.4 is 5.73 Å². The Hall–Kier alpha value is -1.39. The van der Waals surface area contributed by atoms with Crippen LogP contribution in [0.5, 0.6) is 0 Å². The summed E-state index contributed by atoms with van der Waals surface area (Å²) in [4.78, 5) is 0. The van der Waals surface area contributed by atoms with Crippen molar-refractivity contribution in [1.29, 1.82) is 0 Å². The highest BCUT2D eigenvalue weighted by atomic mass is 35.5. The normalized spacial score (nSPS) is 18.4. The van der Waals surface area contributed by atoms with Crippen LogP contribution in [0, 0.1) is 6.92 Å². The van der Waals surface area contributed by atoms with Gasteiger partial charge in [0.05, 0.1) is 11.4 Å². The third-order valence-corrected chi connectivity index (χ3v) is 3.46. The van der Waals surface area contributed by atoms with Crippen molar-refractivity contribution in [2.24, 2.45) is 5.73 Å². The first-order valence-electron chi connectivity index (χ1n) is 5.62. The summed E-state index contributed by atoms with van der Waals surface area (Å²) in [6.07, 6.45) is 0.850. The third-order valence-electron chi connectivity index (χ3n) is 3.22. The summed E-state index contributed by atoms with van der Waals surface area (Å²) in [6, 6.07) is 5.84. The second kappa shape index (κ2) is 3.82. The molecule has 1 aliphatic heterocycles. The molecule has 1 unspecified atom stereocenters. The van der Waals surface area contributed by atoms with Crippen molar-refractivity contribution in [2.45, 2.75) is 25.9 Å². The number of rotatable bonds is 0. The molecule has 0 bridgehead atoms. The van der Waals surface area contributed by atoms with E-state index in [4.69, 9.17) is 17.3 Å². The van der Waals surface area contributed by atoms with Crippen LogP contribution in [0.3, 0.4) is 0 Å². The molecule has 0 aliphatic carbocycles. The van der Waals surface area contributed by atoms with Gasteiger partial charge in [-0.15, -0.1) is 5.10 Å². The highest BCUT2D eigenvalue weighted by Gasteiger charge is 2.22. The van der Waals surface area contributed by atoms with E-state index in [1.54, 1.807) is 0 Å². The molecule has 1 atom stereocenters. The highest BCUT2D eigenvalue weighted by Crippen LogP contribution is 2.35. The fourth-order valence-corrected chi connectivity index (χ4v) is 2.54. The van der Waals surface area contributed by atoms with Crippen molar-refractivity contribution < 1.29 is 0 Å². The van der Waals surface area contributed by atoms with Gasteiger partial charge in [0.25, 0.3) is 0 Å². The monoisotopic (exact) mass is 248 g/mol. The molecule has 4 nitrogen and oxygen atoms in total. The number of hydrogen-bond donors (Lipinski definition) is 1. The Morgan fingerprint density at radius 1 is 1.47 bits per heavy atom. The number of nitrogens with two attached hydrogens (primary N) is 1. The lowest BCUT2D eigenvalue weighted by atomic mass is 9.97. The fraction of sp³-hybridized carbons (Fsp3) is 0.333. The summed E-state index contributed by atoms with van der Waals surface area (Å²) in [7, 11) is 0. The lowest BCUT2D eigenvalue weighted by molar-refractivity contribution is 0.524. The maximum absolute atomic E-state index is 6.18. The molecule has 1 aromatic heterocycles. The Kier molecular flexibility index (Phi) is 2.42. The zero-order chi connectivity index (χ0) is 12.0. The van der Waals surface area contributed by atoms with E-state index in [9.17, 15) is 0 Å². The van der Waals surface area contributed by atoms with Crippen LogP contribution in [0.25, 0.3) is 11.3 Å². The smallest absolute Gasteiger partial charge is 0.0918 e. The SMILES string of the molecule is Cc1nnn2c1-c1ccc(Cl)cc1C(N)CC2. The van der Waals surface area contributed by atoms with Gasteiger partial charge in [0.2, 0.25) is 0 Å². The first kappa shape index (κ1) is 10.7. The second-order valence-electron chi connectivity index (χ2n) is 4.37. The van der Waals surface area contributed by atoms with Crippen molar-refractivity contribution in [1.82, 2.24) is 15.0 Å². The molecule has 0 fully saturated rings. The molecule has 2 heterocycles. The van der Waals surface area contributed by atoms with E-state index in [0.29, 0.717) is 0 Å². The van der Waals surface area contributed by atoms with E-state index in [0.717, 1.165) is 40.5 Å². The van der Waals surface area contributed by atoms with Crippen LogP contribution >= 0.6 is 11.6 Å². The molecule has 17 heavy (non-hydrogen) atoms. The summed E-state index contributed by atoms with van der Waals surface area (Å²) >= 11 is 6.04. The van der Waals surface area contributed by atoms with E-state index in [1.165, 1.54) is 0 Å². The lowest BCUT2D eigenvalue weighted by Gasteiger charge is -2.12. The Morgan fingerprint density at radius 2 is 2.29 bits per heavy atom. The maximum Gasteiger partial charge on any atom is 0.0918 e. The zero-order valence-electron chi connectivity index (χ0n) is 9.52. The maximum atomic E-state index is 6.18. The molecular weight excluding hydrogens is 236 g/mol. The van der Waals surface area contributed by atoms with Crippen molar-refractivity contribution in [2.75, 3.05) is 0 Å². The molecule has 1 aromatic carbocycles. The number of halogens is 1. The van der Waals surface area contributed by atoms with Gasteiger partial charge in [-0.1, -0.05) is 22.9 Å². The number of benzene rings is 1. The summed E-state index contributed by atoms with van der Waals surface area (Å²) < 4.78 is 1.93. The molecule has 2 N–H and O–H groups in total. The molecule has 0 saturated heterocycles. The van der Waals surface area contributed by atoms with Gasteiger partial charge in [-0.05, 0) is 31.0 Å². The Bertz CT molecular complexity index is 576. The quantitative estimate of drug-likeness (QED) is 0.778. The third kappa shape index (κ3) is 1.64. The van der Waals surface area contributed by atoms with Crippen LogP contribution in [0.4, 0.5) is 0 Å². The first-order valence-corrected chi connectivity index (χ1v) is 6.00. The number of nitrogens with zero attached hydrogens (tertiary/aromatic N) is 3. The number of fused-ring (bicyclic) bond motifs is 3. The van der Waals surface area contributed by atoms with Gasteiger partial charge in [-0.3, -0.25) is 0 Å². The van der Waals surface area contributed by atoms with E-state index < -0.39 is 0 Å². The molecule has 0 spiro atoms. The van der Waals surface area contributed by atoms with Crippen LogP contribution in [-0.4, -0.2) is 15.0 Å². The summed E-state index contributed by atoms with van der Waals surface area (Å²) in [5.74, 6) is 0. The van der Waals surface area contributed by atoms with Crippen LogP contribution in [0.1, 0.15) is 23.7 Å². The van der Waals surface area contributed by atoms with Gasteiger partial charge in [0.1, 0.15) is 0 Å². The van der Waals surface area contributed by atoms with E-state index >= 15 is 0 Å². The lowest BCUT2D eigenvalue weighted by Crippen LogP contribution is -2.11. The Balaban J connectivity index is 2.30. The van der Waals surface area contributed by atoms with Gasteiger partial charge < -0.3 is 5.73 Å². The second-order valence-corrected chi connectivity index (χ2v) is 4.81. The topological polar surface area (TPSA) is 56.7 Å². The van der Waals surface area contributed by atoms with Crippen molar-refractivity contribution >= 4 is 11.6 Å². The number of aromatic nitrogens is 3. The largest absolute Gasteiger partial charge is 0.324 e. The van der Waals surface area contributed by atoms with Crippen LogP contribution in [-0.2, 0) is 6.54 Å². The van der Waals surface area contributed by atoms with Crippen molar-refractivity contribution in [3.8, 4) is 11.3 Å². The van der Waals surface area contributed by atoms with E-state index in [2.05, 4.69) is 10.3 Å². The Labute approximate surface area is 104 Å². The fourth-order valence-electron chi connectivity index (χ4n) is 2.36. The zero-order valence-corrected chi connectivity index (χ0v) is 10.3. The number of aryl methyl sites for hydroxylation is 2. The van der Waals surface area contributed by atoms with Crippen LogP contribution in [0.15, 0.2) is 18.2 Å². The molecular formula is C12H13ClN4. The molecule has 1 aliphatic rings. The molecule has 88 valence electrons. The standard InChI is InChI=1S/C12H13ClN4/c1-7-12-9-3-2-8(13)6-10(9)11(14)4-5-17(12)16-15-7/h2-3,6,11H,4-5,14H2,1H3. The Morgan fingerprint density at radius 3 is 3.12 bits per heavy atom. The van der Waals surface area contributed by atoms with Gasteiger partial charge >= 0.3 is 0 Å². The van der Waals surface area contributed by atoms with Gasteiger partial charge in [0.15, 0.2) is 0 Å². The molecule has 2 aromatic rings. The molecule has 3 rings (SSSR count). The van der Waals surface area contributed by atoms with Crippen LogP contribution in [0.2, 0.25) is 5.02 Å². The minimum atomic E-state index is 0.00444. The predicted molar refractivity (Wildman–Crippen MR) is 66.8 cm³/mol. The summed E-state index contributed by atoms with van der Waals surface area (Å²) in [5.41, 5.74) is 10.4. The summed E-state index contributed by atoms with van der Waals surface area (Å²) in [5, 5.41) is 9.00. The minimum Gasteiger partial charge on any atom is -0.324 e. The average molecular weight is 249 g/mol. The minimum absolute atomic E-state index is 0.00444. The number of hydrogen-bond acceptors (Lipinski definition) is 3. The van der Waals surface area contributed by atoms with Gasteiger partial charge in [-0.25, -0.2) is 4.68 Å². The molecule has 0 saturated carbocycles. The van der Waals surface area contributed by atoms with Gasteiger partial charge in [0, 0.05) is 23.2 Å². The van der Waals surface area contributed by atoms with E-state index in [1.807, 2.05) is 29.8 Å².